The van der Waals surface area contributed by atoms with Crippen molar-refractivity contribution in [3.63, 3.8) is 0 Å². The van der Waals surface area contributed by atoms with Crippen molar-refractivity contribution in [1.82, 2.24) is 9.80 Å². The van der Waals surface area contributed by atoms with Crippen LogP contribution in [0.3, 0.4) is 0 Å². The lowest BCUT2D eigenvalue weighted by atomic mass is 10.1. The number of benzene rings is 1. The number of esters is 1. The van der Waals surface area contributed by atoms with Crippen LogP contribution in [0.5, 0.6) is 0 Å². The van der Waals surface area contributed by atoms with E-state index in [9.17, 15) is 9.59 Å². The van der Waals surface area contributed by atoms with Crippen LogP contribution in [-0.2, 0) is 20.9 Å². The summed E-state index contributed by atoms with van der Waals surface area (Å²) in [5.74, 6) is -0.334. The molecule has 0 aromatic heterocycles. The Morgan fingerprint density at radius 3 is 2.43 bits per heavy atom. The zero-order valence-corrected chi connectivity index (χ0v) is 13.3. The first kappa shape index (κ1) is 17.2. The number of nitrogens with zero attached hydrogens (tertiary/aromatic N) is 2. The van der Waals surface area contributed by atoms with Gasteiger partial charge in [-0.3, -0.25) is 14.5 Å². The standard InChI is InChI=1S/C16H24N2O3/c1-5-21-16(20)12-17(3)11-15(19)18(4)10-14-9-7-6-8-13(14)2/h6-9H,5,10-12H2,1-4H3. The molecule has 0 N–H and O–H groups in total. The van der Waals surface area contributed by atoms with Crippen LogP contribution in [-0.4, -0.2) is 55.5 Å². The Kier molecular flexibility index (Phi) is 6.88. The van der Waals surface area contributed by atoms with Gasteiger partial charge in [-0.1, -0.05) is 24.3 Å². The molecule has 0 atom stereocenters. The third-order valence-electron chi connectivity index (χ3n) is 3.20. The fraction of sp³-hybridized carbons (Fsp3) is 0.500. The van der Waals surface area contributed by atoms with Crippen molar-refractivity contribution >= 4 is 11.9 Å². The molecule has 0 radical (unpaired) electrons. The second-order valence-corrected chi connectivity index (χ2v) is 5.15. The minimum atomic E-state index is -0.311. The summed E-state index contributed by atoms with van der Waals surface area (Å²) in [6.07, 6.45) is 0. The summed E-state index contributed by atoms with van der Waals surface area (Å²) in [4.78, 5) is 26.8. The van der Waals surface area contributed by atoms with Crippen LogP contribution in [0.25, 0.3) is 0 Å². The van der Waals surface area contributed by atoms with E-state index < -0.39 is 0 Å². The molecule has 1 aromatic rings. The summed E-state index contributed by atoms with van der Waals surface area (Å²) in [6, 6.07) is 7.99. The molecule has 5 nitrogen and oxygen atoms in total. The first-order valence-corrected chi connectivity index (χ1v) is 7.06. The lowest BCUT2D eigenvalue weighted by molar-refractivity contribution is -0.144. The van der Waals surface area contributed by atoms with Crippen molar-refractivity contribution in [3.05, 3.63) is 35.4 Å². The Balaban J connectivity index is 2.47. The second kappa shape index (κ2) is 8.42. The van der Waals surface area contributed by atoms with Gasteiger partial charge in [-0.25, -0.2) is 0 Å². The molecule has 0 bridgehead atoms. The molecule has 0 fully saturated rings. The average Bonchev–Trinajstić information content (AvgIpc) is 2.41. The van der Waals surface area contributed by atoms with E-state index in [2.05, 4.69) is 0 Å². The van der Waals surface area contributed by atoms with Gasteiger partial charge in [-0.15, -0.1) is 0 Å². The molecule has 0 saturated heterocycles. The zero-order valence-electron chi connectivity index (χ0n) is 13.3. The monoisotopic (exact) mass is 292 g/mol. The molecule has 0 saturated carbocycles. The number of ether oxygens (including phenoxy) is 1. The number of carbonyl (C=O) groups excluding carboxylic acids is 2. The molecule has 116 valence electrons. The molecule has 0 aliphatic carbocycles. The van der Waals surface area contributed by atoms with E-state index in [0.29, 0.717) is 13.2 Å². The molecule has 5 heteroatoms. The first-order valence-electron chi connectivity index (χ1n) is 7.06. The van der Waals surface area contributed by atoms with Crippen LogP contribution in [0.4, 0.5) is 0 Å². The predicted molar refractivity (Wildman–Crippen MR) is 81.8 cm³/mol. The second-order valence-electron chi connectivity index (χ2n) is 5.15. The number of hydrogen-bond donors (Lipinski definition) is 0. The summed E-state index contributed by atoms with van der Waals surface area (Å²) in [7, 11) is 3.50. The van der Waals surface area contributed by atoms with Crippen molar-refractivity contribution in [1.29, 1.82) is 0 Å². The number of likely N-dealkylation sites (N-methyl/N-ethyl adjacent to an activating group) is 2. The molecule has 0 unspecified atom stereocenters. The third-order valence-corrected chi connectivity index (χ3v) is 3.20. The van der Waals surface area contributed by atoms with Crippen molar-refractivity contribution in [2.24, 2.45) is 0 Å². The molecule has 1 aromatic carbocycles. The van der Waals surface area contributed by atoms with Gasteiger partial charge in [0.15, 0.2) is 0 Å². The lowest BCUT2D eigenvalue weighted by Gasteiger charge is -2.22. The van der Waals surface area contributed by atoms with Gasteiger partial charge in [-0.2, -0.15) is 0 Å². The highest BCUT2D eigenvalue weighted by molar-refractivity contribution is 5.79. The number of amides is 1. The smallest absolute Gasteiger partial charge is 0.320 e. The largest absolute Gasteiger partial charge is 0.465 e. The third kappa shape index (κ3) is 5.95. The Bertz CT molecular complexity index is 488. The summed E-state index contributed by atoms with van der Waals surface area (Å²) >= 11 is 0. The van der Waals surface area contributed by atoms with Gasteiger partial charge in [0.1, 0.15) is 0 Å². The SMILES string of the molecule is CCOC(=O)CN(C)CC(=O)N(C)Cc1ccccc1C. The lowest BCUT2D eigenvalue weighted by Crippen LogP contribution is -2.38. The molecule has 0 aliphatic rings. The van der Waals surface area contributed by atoms with Crippen LogP contribution in [0.1, 0.15) is 18.1 Å². The number of carbonyl (C=O) groups is 2. The van der Waals surface area contributed by atoms with E-state index in [0.717, 1.165) is 11.1 Å². The highest BCUT2D eigenvalue weighted by Gasteiger charge is 2.15. The maximum atomic E-state index is 12.1. The zero-order chi connectivity index (χ0) is 15.8. The van der Waals surface area contributed by atoms with Gasteiger partial charge in [0.2, 0.25) is 5.91 Å². The minimum absolute atomic E-state index is 0.0231. The van der Waals surface area contributed by atoms with Crippen molar-refractivity contribution in [2.45, 2.75) is 20.4 Å². The van der Waals surface area contributed by atoms with Gasteiger partial charge in [0.05, 0.1) is 19.7 Å². The molecule has 21 heavy (non-hydrogen) atoms. The summed E-state index contributed by atoms with van der Waals surface area (Å²) in [5, 5.41) is 0. The topological polar surface area (TPSA) is 49.9 Å². The Labute approximate surface area is 126 Å². The van der Waals surface area contributed by atoms with Gasteiger partial charge in [0, 0.05) is 13.6 Å². The predicted octanol–water partition coefficient (Wildman–Crippen LogP) is 1.45. The number of rotatable bonds is 7. The highest BCUT2D eigenvalue weighted by atomic mass is 16.5. The van der Waals surface area contributed by atoms with E-state index in [4.69, 9.17) is 4.74 Å². The average molecular weight is 292 g/mol. The van der Waals surface area contributed by atoms with E-state index in [1.54, 1.807) is 30.8 Å². The molecule has 0 aliphatic heterocycles. The molecule has 1 rings (SSSR count). The van der Waals surface area contributed by atoms with Gasteiger partial charge < -0.3 is 9.64 Å². The van der Waals surface area contributed by atoms with Crippen molar-refractivity contribution in [2.75, 3.05) is 33.8 Å². The molecule has 0 heterocycles. The first-order chi connectivity index (χ1) is 9.93. The maximum Gasteiger partial charge on any atom is 0.320 e. The molecular weight excluding hydrogens is 268 g/mol. The van der Waals surface area contributed by atoms with Crippen LogP contribution in [0, 0.1) is 6.92 Å². The number of aryl methyl sites for hydroxylation is 1. The van der Waals surface area contributed by atoms with Crippen LogP contribution in [0.2, 0.25) is 0 Å². The molecule has 0 spiro atoms. The van der Waals surface area contributed by atoms with E-state index in [1.807, 2.05) is 31.2 Å². The normalized spacial score (nSPS) is 10.5. The van der Waals surface area contributed by atoms with Crippen LogP contribution < -0.4 is 0 Å². The fourth-order valence-electron chi connectivity index (χ4n) is 1.97. The minimum Gasteiger partial charge on any atom is -0.465 e. The summed E-state index contributed by atoms with van der Waals surface area (Å²) in [5.41, 5.74) is 2.29. The number of hydrogen-bond acceptors (Lipinski definition) is 4. The van der Waals surface area contributed by atoms with Crippen molar-refractivity contribution < 1.29 is 14.3 Å². The maximum absolute atomic E-state index is 12.1. The summed E-state index contributed by atoms with van der Waals surface area (Å²) < 4.78 is 4.86. The molecular formula is C16H24N2O3. The van der Waals surface area contributed by atoms with Gasteiger partial charge in [-0.05, 0) is 32.0 Å². The Hall–Kier alpha value is -1.88. The van der Waals surface area contributed by atoms with E-state index in [-0.39, 0.29) is 25.0 Å². The molecule has 1 amide bonds. The van der Waals surface area contributed by atoms with Crippen LogP contribution in [0.15, 0.2) is 24.3 Å². The van der Waals surface area contributed by atoms with Gasteiger partial charge in [0.25, 0.3) is 0 Å². The highest BCUT2D eigenvalue weighted by Crippen LogP contribution is 2.09. The quantitative estimate of drug-likeness (QED) is 0.714. The Morgan fingerprint density at radius 1 is 1.14 bits per heavy atom. The summed E-state index contributed by atoms with van der Waals surface area (Å²) in [6.45, 7) is 5.03. The van der Waals surface area contributed by atoms with E-state index in [1.165, 1.54) is 0 Å². The van der Waals surface area contributed by atoms with Crippen LogP contribution >= 0.6 is 0 Å². The Morgan fingerprint density at radius 2 is 1.81 bits per heavy atom. The fourth-order valence-corrected chi connectivity index (χ4v) is 1.97. The van der Waals surface area contributed by atoms with Crippen molar-refractivity contribution in [3.8, 4) is 0 Å². The van der Waals surface area contributed by atoms with E-state index >= 15 is 0 Å². The van der Waals surface area contributed by atoms with Gasteiger partial charge >= 0.3 is 5.97 Å².